The van der Waals surface area contributed by atoms with Crippen LogP contribution in [0.25, 0.3) is 6.08 Å². The molecular weight excluding hydrogens is 204 g/mol. The van der Waals surface area contributed by atoms with Crippen molar-refractivity contribution in [1.29, 1.82) is 5.26 Å². The number of carbonyl (C=O) groups is 1. The first-order valence-corrected chi connectivity index (χ1v) is 4.67. The molecule has 16 heavy (non-hydrogen) atoms. The largest absolute Gasteiger partial charge is 0.274 e. The number of benzene rings is 1. The van der Waals surface area contributed by atoms with Gasteiger partial charge in [0.05, 0.1) is 18.7 Å². The molecular formula is C12H12N2O2. The zero-order chi connectivity index (χ0) is 12.0. The first-order valence-electron chi connectivity index (χ1n) is 4.67. The van der Waals surface area contributed by atoms with E-state index in [1.165, 1.54) is 20.2 Å². The zero-order valence-corrected chi connectivity index (χ0v) is 9.18. The van der Waals surface area contributed by atoms with E-state index in [4.69, 9.17) is 10.1 Å². The van der Waals surface area contributed by atoms with Gasteiger partial charge in [0.2, 0.25) is 0 Å². The lowest BCUT2D eigenvalue weighted by Gasteiger charge is -2.09. The summed E-state index contributed by atoms with van der Waals surface area (Å²) in [5, 5.41) is 9.73. The standard InChI is InChI=1S/C12H12N2O2/c1-14(16-2)12(15)8-7-10-3-5-11(9-13)6-4-10/h3-8H,1-2H3/b8-7+. The fourth-order valence-electron chi connectivity index (χ4n) is 1.03. The van der Waals surface area contributed by atoms with Crippen molar-refractivity contribution in [1.82, 2.24) is 5.06 Å². The highest BCUT2D eigenvalue weighted by Gasteiger charge is 2.01. The fourth-order valence-corrected chi connectivity index (χ4v) is 1.03. The Kier molecular flexibility index (Phi) is 4.25. The topological polar surface area (TPSA) is 53.3 Å². The summed E-state index contributed by atoms with van der Waals surface area (Å²) >= 11 is 0. The molecule has 0 atom stereocenters. The van der Waals surface area contributed by atoms with E-state index in [-0.39, 0.29) is 5.91 Å². The van der Waals surface area contributed by atoms with Gasteiger partial charge in [-0.3, -0.25) is 9.63 Å². The third-order valence-electron chi connectivity index (χ3n) is 2.04. The summed E-state index contributed by atoms with van der Waals surface area (Å²) in [5.41, 5.74) is 1.45. The fraction of sp³-hybridized carbons (Fsp3) is 0.167. The van der Waals surface area contributed by atoms with Crippen LogP contribution in [0.3, 0.4) is 0 Å². The average Bonchev–Trinajstić information content (AvgIpc) is 2.35. The minimum absolute atomic E-state index is 0.244. The third kappa shape index (κ3) is 3.23. The molecule has 1 aromatic carbocycles. The quantitative estimate of drug-likeness (QED) is 0.569. The van der Waals surface area contributed by atoms with E-state index in [0.29, 0.717) is 5.56 Å². The molecule has 0 aliphatic carbocycles. The molecule has 1 amide bonds. The van der Waals surface area contributed by atoms with Crippen LogP contribution < -0.4 is 0 Å². The first-order chi connectivity index (χ1) is 7.67. The minimum atomic E-state index is -0.244. The number of nitrogens with zero attached hydrogens (tertiary/aromatic N) is 2. The normalized spacial score (nSPS) is 10.1. The van der Waals surface area contributed by atoms with Gasteiger partial charge in [-0.05, 0) is 23.8 Å². The molecule has 4 nitrogen and oxygen atoms in total. The van der Waals surface area contributed by atoms with Gasteiger partial charge in [-0.2, -0.15) is 5.26 Å². The van der Waals surface area contributed by atoms with Crippen LogP contribution in [0.5, 0.6) is 0 Å². The second-order valence-corrected chi connectivity index (χ2v) is 3.09. The van der Waals surface area contributed by atoms with Crippen LogP contribution in [0, 0.1) is 11.3 Å². The molecule has 4 heteroatoms. The van der Waals surface area contributed by atoms with E-state index in [0.717, 1.165) is 10.6 Å². The van der Waals surface area contributed by atoms with Crippen LogP contribution in [0.2, 0.25) is 0 Å². The number of likely N-dealkylation sites (N-methyl/N-ethyl adjacent to an activating group) is 1. The monoisotopic (exact) mass is 216 g/mol. The second kappa shape index (κ2) is 5.69. The van der Waals surface area contributed by atoms with Gasteiger partial charge in [0.15, 0.2) is 0 Å². The number of nitriles is 1. The van der Waals surface area contributed by atoms with E-state index in [2.05, 4.69) is 0 Å². The van der Waals surface area contributed by atoms with E-state index in [1.54, 1.807) is 30.3 Å². The van der Waals surface area contributed by atoms with Gasteiger partial charge in [0, 0.05) is 13.1 Å². The van der Waals surface area contributed by atoms with Crippen molar-refractivity contribution in [2.45, 2.75) is 0 Å². The summed E-state index contributed by atoms with van der Waals surface area (Å²) < 4.78 is 0. The highest BCUT2D eigenvalue weighted by Crippen LogP contribution is 2.05. The predicted molar refractivity (Wildman–Crippen MR) is 60.0 cm³/mol. The van der Waals surface area contributed by atoms with Crippen molar-refractivity contribution in [3.8, 4) is 6.07 Å². The van der Waals surface area contributed by atoms with Crippen molar-refractivity contribution >= 4 is 12.0 Å². The van der Waals surface area contributed by atoms with Crippen molar-refractivity contribution < 1.29 is 9.63 Å². The van der Waals surface area contributed by atoms with Crippen molar-refractivity contribution in [3.05, 3.63) is 41.5 Å². The SMILES string of the molecule is CON(C)C(=O)/C=C/c1ccc(C#N)cc1. The summed E-state index contributed by atoms with van der Waals surface area (Å²) in [4.78, 5) is 16.1. The number of hydrogen-bond donors (Lipinski definition) is 0. The summed E-state index contributed by atoms with van der Waals surface area (Å²) in [6.07, 6.45) is 3.07. The molecule has 0 aromatic heterocycles. The molecule has 0 heterocycles. The average molecular weight is 216 g/mol. The molecule has 1 rings (SSSR count). The molecule has 0 aliphatic rings. The number of carbonyl (C=O) groups excluding carboxylic acids is 1. The van der Waals surface area contributed by atoms with Crippen LogP contribution >= 0.6 is 0 Å². The van der Waals surface area contributed by atoms with Gasteiger partial charge in [-0.1, -0.05) is 12.1 Å². The Morgan fingerprint density at radius 1 is 1.44 bits per heavy atom. The highest BCUT2D eigenvalue weighted by molar-refractivity contribution is 5.90. The van der Waals surface area contributed by atoms with Gasteiger partial charge in [-0.25, -0.2) is 5.06 Å². The predicted octanol–water partition coefficient (Wildman–Crippen LogP) is 1.59. The van der Waals surface area contributed by atoms with E-state index in [9.17, 15) is 4.79 Å². The number of rotatable bonds is 3. The molecule has 0 unspecified atom stereocenters. The third-order valence-corrected chi connectivity index (χ3v) is 2.04. The zero-order valence-electron chi connectivity index (χ0n) is 9.18. The molecule has 0 saturated carbocycles. The highest BCUT2D eigenvalue weighted by atomic mass is 16.7. The molecule has 0 spiro atoms. The Labute approximate surface area is 94.3 Å². The molecule has 0 aliphatic heterocycles. The second-order valence-electron chi connectivity index (χ2n) is 3.09. The van der Waals surface area contributed by atoms with Crippen molar-refractivity contribution in [2.24, 2.45) is 0 Å². The van der Waals surface area contributed by atoms with Gasteiger partial charge >= 0.3 is 0 Å². The molecule has 0 N–H and O–H groups in total. The lowest BCUT2D eigenvalue weighted by atomic mass is 10.1. The smallest absolute Gasteiger partial charge is 0.269 e. The van der Waals surface area contributed by atoms with E-state index in [1.807, 2.05) is 6.07 Å². The van der Waals surface area contributed by atoms with Crippen LogP contribution in [0.4, 0.5) is 0 Å². The van der Waals surface area contributed by atoms with Crippen molar-refractivity contribution in [2.75, 3.05) is 14.2 Å². The summed E-state index contributed by atoms with van der Waals surface area (Å²) in [6, 6.07) is 8.97. The lowest BCUT2D eigenvalue weighted by molar-refractivity contribution is -0.162. The first kappa shape index (κ1) is 12.0. The molecule has 82 valence electrons. The maximum absolute atomic E-state index is 11.3. The number of hydrogen-bond acceptors (Lipinski definition) is 3. The van der Waals surface area contributed by atoms with E-state index < -0.39 is 0 Å². The molecule has 0 radical (unpaired) electrons. The summed E-state index contributed by atoms with van der Waals surface area (Å²) in [6.45, 7) is 0. The van der Waals surface area contributed by atoms with Gasteiger partial charge in [0.1, 0.15) is 0 Å². The van der Waals surface area contributed by atoms with Gasteiger partial charge in [-0.15, -0.1) is 0 Å². The Bertz CT molecular complexity index is 429. The Morgan fingerprint density at radius 2 is 2.06 bits per heavy atom. The molecule has 1 aromatic rings. The molecule has 0 fully saturated rings. The van der Waals surface area contributed by atoms with Crippen LogP contribution in [0.1, 0.15) is 11.1 Å². The summed E-state index contributed by atoms with van der Waals surface area (Å²) in [7, 11) is 2.96. The number of hydroxylamine groups is 2. The number of amides is 1. The van der Waals surface area contributed by atoms with Gasteiger partial charge in [0.25, 0.3) is 5.91 Å². The Balaban J connectivity index is 2.70. The lowest BCUT2D eigenvalue weighted by Crippen LogP contribution is -2.22. The summed E-state index contributed by atoms with van der Waals surface area (Å²) in [5.74, 6) is -0.244. The minimum Gasteiger partial charge on any atom is -0.274 e. The van der Waals surface area contributed by atoms with Gasteiger partial charge < -0.3 is 0 Å². The van der Waals surface area contributed by atoms with Crippen LogP contribution in [0.15, 0.2) is 30.3 Å². The Hall–Kier alpha value is -2.12. The Morgan fingerprint density at radius 3 is 2.56 bits per heavy atom. The van der Waals surface area contributed by atoms with Crippen molar-refractivity contribution in [3.63, 3.8) is 0 Å². The van der Waals surface area contributed by atoms with Crippen LogP contribution in [-0.4, -0.2) is 25.1 Å². The maximum Gasteiger partial charge on any atom is 0.269 e. The van der Waals surface area contributed by atoms with E-state index >= 15 is 0 Å². The molecule has 0 bridgehead atoms. The maximum atomic E-state index is 11.3. The van der Waals surface area contributed by atoms with Crippen LogP contribution in [-0.2, 0) is 9.63 Å². The molecule has 0 saturated heterocycles.